The molecule has 254 valence electrons. The third-order valence-electron chi connectivity index (χ3n) is 9.74. The molecule has 0 amide bonds. The van der Waals surface area contributed by atoms with Crippen molar-refractivity contribution in [2.75, 3.05) is 0 Å². The lowest BCUT2D eigenvalue weighted by Gasteiger charge is -2.13. The number of aromatic nitrogens is 4. The minimum Gasteiger partial charge on any atom is -0.436 e. The maximum atomic E-state index is 5.98. The molecule has 0 aliphatic carbocycles. The van der Waals surface area contributed by atoms with Gasteiger partial charge in [-0.2, -0.15) is 0 Å². The molecule has 0 aliphatic rings. The Hall–Kier alpha value is -7.44. The predicted molar refractivity (Wildman–Crippen MR) is 215 cm³/mol. The van der Waals surface area contributed by atoms with Gasteiger partial charge in [0.15, 0.2) is 11.2 Å². The summed E-state index contributed by atoms with van der Waals surface area (Å²) in [5.74, 6) is 1.24. The molecule has 0 fully saturated rings. The molecule has 0 N–H and O–H groups in total. The molecule has 0 unspecified atom stereocenters. The van der Waals surface area contributed by atoms with Gasteiger partial charge in [0.2, 0.25) is 11.8 Å². The number of benzene rings is 6. The molecule has 0 spiro atoms. The van der Waals surface area contributed by atoms with E-state index >= 15 is 0 Å². The Morgan fingerprint density at radius 2 is 0.741 bits per heavy atom. The van der Waals surface area contributed by atoms with E-state index in [0.717, 1.165) is 89.2 Å². The summed E-state index contributed by atoms with van der Waals surface area (Å²) >= 11 is 0. The molecule has 10 rings (SSSR count). The zero-order valence-electron chi connectivity index (χ0n) is 28.9. The molecule has 6 nitrogen and oxygen atoms in total. The number of hydrogen-bond donors (Lipinski definition) is 0. The summed E-state index contributed by atoms with van der Waals surface area (Å²) in [6.07, 6.45) is 3.60. The zero-order chi connectivity index (χ0) is 35.8. The minimum absolute atomic E-state index is 0.619. The molecule has 0 saturated heterocycles. The summed E-state index contributed by atoms with van der Waals surface area (Å²) in [7, 11) is 0. The molecular formula is C48H30N4O2. The van der Waals surface area contributed by atoms with Crippen molar-refractivity contribution in [1.82, 2.24) is 19.9 Å². The van der Waals surface area contributed by atoms with Gasteiger partial charge in [-0.15, -0.1) is 0 Å². The van der Waals surface area contributed by atoms with Crippen molar-refractivity contribution in [3.8, 4) is 78.8 Å². The van der Waals surface area contributed by atoms with Crippen molar-refractivity contribution >= 4 is 22.2 Å². The van der Waals surface area contributed by atoms with Crippen LogP contribution in [0.15, 0.2) is 191 Å². The molecule has 0 bridgehead atoms. The van der Waals surface area contributed by atoms with Crippen LogP contribution in [0.2, 0.25) is 0 Å². The number of fused-ring (bicyclic) bond motifs is 2. The molecule has 54 heavy (non-hydrogen) atoms. The maximum Gasteiger partial charge on any atom is 0.227 e. The van der Waals surface area contributed by atoms with E-state index in [2.05, 4.69) is 124 Å². The monoisotopic (exact) mass is 694 g/mol. The van der Waals surface area contributed by atoms with Gasteiger partial charge in [0, 0.05) is 40.2 Å². The number of para-hydroxylation sites is 4. The molecule has 10 aromatic rings. The van der Waals surface area contributed by atoms with Crippen molar-refractivity contribution in [1.29, 1.82) is 0 Å². The number of hydrogen-bond acceptors (Lipinski definition) is 6. The van der Waals surface area contributed by atoms with Crippen LogP contribution in [0.25, 0.3) is 101 Å². The van der Waals surface area contributed by atoms with Crippen LogP contribution in [0.1, 0.15) is 0 Å². The van der Waals surface area contributed by atoms with Crippen molar-refractivity contribution in [3.63, 3.8) is 0 Å². The third-order valence-corrected chi connectivity index (χ3v) is 9.74. The van der Waals surface area contributed by atoms with Gasteiger partial charge in [-0.1, -0.05) is 103 Å². The first-order valence-corrected chi connectivity index (χ1v) is 17.8. The summed E-state index contributed by atoms with van der Waals surface area (Å²) in [5, 5.41) is 0. The second-order valence-electron chi connectivity index (χ2n) is 13.1. The highest BCUT2D eigenvalue weighted by Gasteiger charge is 2.14. The Labute approximate surface area is 311 Å². The van der Waals surface area contributed by atoms with Gasteiger partial charge in [-0.25, -0.2) is 15.0 Å². The molecule has 4 aromatic heterocycles. The normalized spacial score (nSPS) is 11.3. The lowest BCUT2D eigenvalue weighted by molar-refractivity contribution is 0.619. The van der Waals surface area contributed by atoms with Crippen LogP contribution in [0.3, 0.4) is 0 Å². The van der Waals surface area contributed by atoms with Gasteiger partial charge in [-0.05, 0) is 94.5 Å². The third kappa shape index (κ3) is 5.91. The van der Waals surface area contributed by atoms with Crippen LogP contribution < -0.4 is 0 Å². The van der Waals surface area contributed by atoms with E-state index in [9.17, 15) is 0 Å². The topological polar surface area (TPSA) is 77.8 Å². The number of pyridine rings is 2. The Balaban J connectivity index is 0.944. The fourth-order valence-electron chi connectivity index (χ4n) is 6.86. The molecule has 4 heterocycles. The molecule has 6 heteroatoms. The van der Waals surface area contributed by atoms with Gasteiger partial charge in [0.25, 0.3) is 0 Å². The van der Waals surface area contributed by atoms with Crippen molar-refractivity contribution < 1.29 is 8.83 Å². The van der Waals surface area contributed by atoms with Crippen LogP contribution in [0.5, 0.6) is 0 Å². The SMILES string of the molecule is c1ccc2oc(-c3ccc(-c4ccc(-c5ccc(-c6ccncc6)nc5-c5ccc(-c6ccc(-c7nc8ccccc8o7)cc6)cc5)cc4)cc3)nc2c1. The van der Waals surface area contributed by atoms with E-state index in [1.165, 1.54) is 0 Å². The van der Waals surface area contributed by atoms with E-state index in [-0.39, 0.29) is 0 Å². The largest absolute Gasteiger partial charge is 0.436 e. The van der Waals surface area contributed by atoms with Crippen LogP contribution >= 0.6 is 0 Å². The second-order valence-corrected chi connectivity index (χ2v) is 13.1. The average molecular weight is 695 g/mol. The summed E-state index contributed by atoms with van der Waals surface area (Å²) < 4.78 is 12.0. The van der Waals surface area contributed by atoms with Gasteiger partial charge in [0.1, 0.15) is 11.0 Å². The predicted octanol–water partition coefficient (Wildman–Crippen LogP) is 12.4. The molecule has 6 aromatic carbocycles. The summed E-state index contributed by atoms with van der Waals surface area (Å²) in [4.78, 5) is 18.7. The minimum atomic E-state index is 0.619. The Bertz CT molecular complexity index is 2830. The molecule has 0 aliphatic heterocycles. The number of oxazole rings is 2. The fourth-order valence-corrected chi connectivity index (χ4v) is 6.86. The molecular weight excluding hydrogens is 665 g/mol. The average Bonchev–Trinajstić information content (AvgIpc) is 3.90. The second kappa shape index (κ2) is 13.3. The highest BCUT2D eigenvalue weighted by molar-refractivity contribution is 5.85. The zero-order valence-corrected chi connectivity index (χ0v) is 28.9. The van der Waals surface area contributed by atoms with Crippen LogP contribution in [0.4, 0.5) is 0 Å². The first-order chi connectivity index (χ1) is 26.7. The van der Waals surface area contributed by atoms with Crippen molar-refractivity contribution in [3.05, 3.63) is 182 Å². The maximum absolute atomic E-state index is 5.98. The van der Waals surface area contributed by atoms with Crippen molar-refractivity contribution in [2.45, 2.75) is 0 Å². The lowest BCUT2D eigenvalue weighted by Crippen LogP contribution is -1.93. The quantitative estimate of drug-likeness (QED) is 0.165. The van der Waals surface area contributed by atoms with Gasteiger partial charge in [-0.3, -0.25) is 4.98 Å². The van der Waals surface area contributed by atoms with Gasteiger partial charge >= 0.3 is 0 Å². The van der Waals surface area contributed by atoms with E-state index in [0.29, 0.717) is 11.8 Å². The summed E-state index contributed by atoms with van der Waals surface area (Å²) in [5.41, 5.74) is 15.6. The van der Waals surface area contributed by atoms with Crippen molar-refractivity contribution in [2.24, 2.45) is 0 Å². The summed E-state index contributed by atoms with van der Waals surface area (Å²) in [6.45, 7) is 0. The van der Waals surface area contributed by atoms with E-state index in [1.807, 2.05) is 60.7 Å². The first-order valence-electron chi connectivity index (χ1n) is 17.8. The Morgan fingerprint density at radius 1 is 0.315 bits per heavy atom. The molecule has 0 saturated carbocycles. The smallest absolute Gasteiger partial charge is 0.227 e. The lowest BCUT2D eigenvalue weighted by atomic mass is 9.94. The number of rotatable bonds is 7. The Kier molecular flexibility index (Phi) is 7.69. The summed E-state index contributed by atoms with van der Waals surface area (Å²) in [6, 6.07) is 57.8. The van der Waals surface area contributed by atoms with Gasteiger partial charge in [0.05, 0.1) is 11.4 Å². The highest BCUT2D eigenvalue weighted by atomic mass is 16.4. The van der Waals surface area contributed by atoms with E-state index in [1.54, 1.807) is 12.4 Å². The van der Waals surface area contributed by atoms with Crippen LogP contribution in [-0.2, 0) is 0 Å². The molecule has 0 radical (unpaired) electrons. The standard InChI is InChI=1S/C48H30N4O2/c1-3-7-44-42(5-1)51-47(53-44)38-21-13-33(14-22-38)31-9-17-35(18-10-31)40-25-26-41(36-27-29-49-30-28-36)50-46(40)37-19-11-32(12-20-37)34-15-23-39(24-16-34)48-52-43-6-2-4-8-45(43)54-48/h1-30H. The number of nitrogens with zero attached hydrogens (tertiary/aromatic N) is 4. The van der Waals surface area contributed by atoms with E-state index < -0.39 is 0 Å². The van der Waals surface area contributed by atoms with Crippen LogP contribution in [-0.4, -0.2) is 19.9 Å². The molecule has 0 atom stereocenters. The van der Waals surface area contributed by atoms with Gasteiger partial charge < -0.3 is 8.83 Å². The Morgan fingerprint density at radius 3 is 1.22 bits per heavy atom. The van der Waals surface area contributed by atoms with Crippen LogP contribution in [0, 0.1) is 0 Å². The first kappa shape index (κ1) is 31.3. The highest BCUT2D eigenvalue weighted by Crippen LogP contribution is 2.36. The van der Waals surface area contributed by atoms with E-state index in [4.69, 9.17) is 13.8 Å². The fraction of sp³-hybridized carbons (Fsp3) is 0.